The predicted octanol–water partition coefficient (Wildman–Crippen LogP) is 1.44. The second-order valence-electron chi connectivity index (χ2n) is 6.10. The number of aromatic nitrogens is 4. The zero-order valence-electron chi connectivity index (χ0n) is 14.8. The highest BCUT2D eigenvalue weighted by molar-refractivity contribution is 6.00. The van der Waals surface area contributed by atoms with Crippen molar-refractivity contribution in [3.05, 3.63) is 53.7 Å². The van der Waals surface area contributed by atoms with Crippen molar-refractivity contribution < 1.29 is 14.3 Å². The lowest BCUT2D eigenvalue weighted by molar-refractivity contribution is -0.116. The van der Waals surface area contributed by atoms with Crippen molar-refractivity contribution in [2.75, 3.05) is 19.5 Å². The van der Waals surface area contributed by atoms with E-state index < -0.39 is 5.92 Å². The number of nitrogens with zero attached hydrogens (tertiary/aromatic N) is 3. The van der Waals surface area contributed by atoms with E-state index in [0.29, 0.717) is 22.9 Å². The fourth-order valence-electron chi connectivity index (χ4n) is 3.31. The minimum Gasteiger partial charge on any atom is -0.497 e. The van der Waals surface area contributed by atoms with Gasteiger partial charge in [-0.2, -0.15) is 5.10 Å². The fraction of sp³-hybridized carbons (Fsp3) is 0.222. The second kappa shape index (κ2) is 6.60. The number of ether oxygens (including phenoxy) is 1. The van der Waals surface area contributed by atoms with Crippen LogP contribution in [0.5, 0.6) is 5.75 Å². The minimum atomic E-state index is -0.406. The number of imidazole rings is 1. The van der Waals surface area contributed by atoms with Crippen LogP contribution in [0.1, 0.15) is 34.2 Å². The largest absolute Gasteiger partial charge is 0.497 e. The van der Waals surface area contributed by atoms with E-state index in [1.165, 1.54) is 0 Å². The third-order valence-corrected chi connectivity index (χ3v) is 4.59. The molecule has 27 heavy (non-hydrogen) atoms. The van der Waals surface area contributed by atoms with Crippen LogP contribution < -0.4 is 15.4 Å². The van der Waals surface area contributed by atoms with E-state index in [0.717, 1.165) is 11.4 Å². The van der Waals surface area contributed by atoms with Crippen LogP contribution in [0.2, 0.25) is 0 Å². The Hall–Kier alpha value is -3.62. The second-order valence-corrected chi connectivity index (χ2v) is 6.10. The van der Waals surface area contributed by atoms with Gasteiger partial charge < -0.3 is 19.9 Å². The third-order valence-electron chi connectivity index (χ3n) is 4.59. The maximum atomic E-state index is 12.2. The molecule has 2 amide bonds. The number of aromatic amines is 1. The molecule has 9 heteroatoms. The van der Waals surface area contributed by atoms with Gasteiger partial charge in [-0.3, -0.25) is 14.7 Å². The lowest BCUT2D eigenvalue weighted by Crippen LogP contribution is -2.27. The van der Waals surface area contributed by atoms with Gasteiger partial charge in [0.05, 0.1) is 13.0 Å². The Morgan fingerprint density at radius 3 is 2.81 bits per heavy atom. The summed E-state index contributed by atoms with van der Waals surface area (Å²) in [4.78, 5) is 28.9. The van der Waals surface area contributed by atoms with E-state index in [1.807, 2.05) is 35.0 Å². The average molecular weight is 366 g/mol. The van der Waals surface area contributed by atoms with Gasteiger partial charge in [0.1, 0.15) is 17.3 Å². The number of fused-ring (bicyclic) bond motifs is 1. The molecule has 0 bridgehead atoms. The molecule has 1 atom stereocenters. The summed E-state index contributed by atoms with van der Waals surface area (Å²) < 4.78 is 7.10. The summed E-state index contributed by atoms with van der Waals surface area (Å²) in [5.74, 6) is 0.884. The molecule has 0 saturated carbocycles. The Kier molecular flexibility index (Phi) is 4.11. The van der Waals surface area contributed by atoms with E-state index in [9.17, 15) is 9.59 Å². The van der Waals surface area contributed by atoms with Crippen molar-refractivity contribution in [3.8, 4) is 11.4 Å². The van der Waals surface area contributed by atoms with Crippen LogP contribution in [-0.4, -0.2) is 45.7 Å². The number of hydrogen-bond donors (Lipinski definition) is 3. The van der Waals surface area contributed by atoms with Crippen LogP contribution in [0, 0.1) is 0 Å². The quantitative estimate of drug-likeness (QED) is 0.646. The summed E-state index contributed by atoms with van der Waals surface area (Å²) in [5, 5.41) is 12.1. The van der Waals surface area contributed by atoms with E-state index in [-0.39, 0.29) is 18.2 Å². The molecular weight excluding hydrogens is 348 g/mol. The van der Waals surface area contributed by atoms with Crippen molar-refractivity contribution in [2.24, 2.45) is 0 Å². The highest BCUT2D eigenvalue weighted by Crippen LogP contribution is 2.38. The molecule has 138 valence electrons. The summed E-state index contributed by atoms with van der Waals surface area (Å²) >= 11 is 0. The molecule has 9 nitrogen and oxygen atoms in total. The van der Waals surface area contributed by atoms with Gasteiger partial charge in [0, 0.05) is 37.1 Å². The first kappa shape index (κ1) is 16.8. The molecule has 0 radical (unpaired) electrons. The van der Waals surface area contributed by atoms with Gasteiger partial charge in [-0.05, 0) is 24.3 Å². The van der Waals surface area contributed by atoms with E-state index in [1.54, 1.807) is 20.4 Å². The molecule has 0 fully saturated rings. The average Bonchev–Trinajstić information content (AvgIpc) is 3.34. The Morgan fingerprint density at radius 1 is 1.33 bits per heavy atom. The number of amides is 2. The lowest BCUT2D eigenvalue weighted by Gasteiger charge is -2.23. The third kappa shape index (κ3) is 2.82. The number of rotatable bonds is 4. The first-order chi connectivity index (χ1) is 13.1. The normalized spacial score (nSPS) is 15.8. The van der Waals surface area contributed by atoms with Gasteiger partial charge in [0.2, 0.25) is 5.91 Å². The van der Waals surface area contributed by atoms with Crippen LogP contribution in [0.15, 0.2) is 36.7 Å². The molecule has 0 saturated heterocycles. The van der Waals surface area contributed by atoms with Crippen LogP contribution in [0.3, 0.4) is 0 Å². The van der Waals surface area contributed by atoms with Crippen molar-refractivity contribution >= 4 is 17.6 Å². The molecule has 2 aromatic heterocycles. The molecule has 1 aliphatic heterocycles. The summed E-state index contributed by atoms with van der Waals surface area (Å²) in [6.07, 6.45) is 3.66. The Labute approximate surface area is 154 Å². The smallest absolute Gasteiger partial charge is 0.269 e. The molecule has 0 aliphatic carbocycles. The predicted molar refractivity (Wildman–Crippen MR) is 97.2 cm³/mol. The maximum Gasteiger partial charge on any atom is 0.269 e. The number of carbonyl (C=O) groups excluding carboxylic acids is 2. The van der Waals surface area contributed by atoms with Gasteiger partial charge in [0.25, 0.3) is 5.91 Å². The van der Waals surface area contributed by atoms with Crippen molar-refractivity contribution in [2.45, 2.75) is 12.3 Å². The molecule has 1 aromatic carbocycles. The number of methoxy groups -OCH3 is 1. The SMILES string of the molecule is CNC(=O)c1[nH]nc2c1[C@@H](c1nccn1-c1ccc(OC)cc1)CC(=O)N2. The van der Waals surface area contributed by atoms with Crippen LogP contribution in [0.4, 0.5) is 5.82 Å². The van der Waals surface area contributed by atoms with Gasteiger partial charge in [-0.15, -0.1) is 0 Å². The Balaban J connectivity index is 1.81. The van der Waals surface area contributed by atoms with E-state index >= 15 is 0 Å². The first-order valence-corrected chi connectivity index (χ1v) is 8.40. The topological polar surface area (TPSA) is 114 Å². The summed E-state index contributed by atoms with van der Waals surface area (Å²) in [7, 11) is 3.16. The molecule has 0 unspecified atom stereocenters. The summed E-state index contributed by atoms with van der Waals surface area (Å²) in [6, 6.07) is 7.52. The Bertz CT molecular complexity index is 1000. The van der Waals surface area contributed by atoms with Crippen molar-refractivity contribution in [1.29, 1.82) is 0 Å². The van der Waals surface area contributed by atoms with Crippen molar-refractivity contribution in [3.63, 3.8) is 0 Å². The molecule has 3 N–H and O–H groups in total. The van der Waals surface area contributed by atoms with E-state index in [2.05, 4.69) is 25.8 Å². The number of anilines is 1. The van der Waals surface area contributed by atoms with E-state index in [4.69, 9.17) is 4.74 Å². The standard InChI is InChI=1S/C18H18N6O3/c1-19-18(26)15-14-12(9-13(25)21-16(14)23-22-15)17-20-7-8-24(17)10-3-5-11(27-2)6-4-10/h3-8,12H,9H2,1-2H3,(H,19,26)(H2,21,22,23,25)/t12-/m0/s1. The fourth-order valence-corrected chi connectivity index (χ4v) is 3.31. The maximum absolute atomic E-state index is 12.2. The number of hydrogen-bond acceptors (Lipinski definition) is 5. The minimum absolute atomic E-state index is 0.170. The summed E-state index contributed by atoms with van der Waals surface area (Å²) in [5.41, 5.74) is 1.83. The summed E-state index contributed by atoms with van der Waals surface area (Å²) in [6.45, 7) is 0. The lowest BCUT2D eigenvalue weighted by atomic mass is 9.90. The van der Waals surface area contributed by atoms with Crippen LogP contribution in [0.25, 0.3) is 5.69 Å². The Morgan fingerprint density at radius 2 is 2.11 bits per heavy atom. The number of nitrogens with one attached hydrogen (secondary N) is 3. The van der Waals surface area contributed by atoms with Gasteiger partial charge in [0.15, 0.2) is 5.82 Å². The molecule has 4 rings (SSSR count). The number of carbonyl (C=O) groups is 2. The molecule has 3 heterocycles. The molecule has 0 spiro atoms. The van der Waals surface area contributed by atoms with Crippen LogP contribution >= 0.6 is 0 Å². The van der Waals surface area contributed by atoms with Crippen molar-refractivity contribution in [1.82, 2.24) is 25.1 Å². The molecule has 3 aromatic rings. The van der Waals surface area contributed by atoms with Crippen LogP contribution in [-0.2, 0) is 4.79 Å². The monoisotopic (exact) mass is 366 g/mol. The first-order valence-electron chi connectivity index (χ1n) is 8.40. The van der Waals surface area contributed by atoms with Gasteiger partial charge in [-0.25, -0.2) is 4.98 Å². The van der Waals surface area contributed by atoms with Gasteiger partial charge >= 0.3 is 0 Å². The molecule has 1 aliphatic rings. The molecular formula is C18H18N6O3. The number of H-pyrrole nitrogens is 1. The highest BCUT2D eigenvalue weighted by Gasteiger charge is 2.35. The van der Waals surface area contributed by atoms with Gasteiger partial charge in [-0.1, -0.05) is 0 Å². The highest BCUT2D eigenvalue weighted by atomic mass is 16.5. The zero-order valence-corrected chi connectivity index (χ0v) is 14.8. The number of benzene rings is 1. The zero-order chi connectivity index (χ0) is 19.0.